The minimum Gasteiger partial charge on any atom is -0.407 e. The third-order valence-electron chi connectivity index (χ3n) is 4.91. The number of thiazole rings is 1. The molecule has 152 valence electrons. The maximum atomic E-state index is 12.8. The minimum absolute atomic E-state index is 0.224. The van der Waals surface area contributed by atoms with Crippen LogP contribution in [0.15, 0.2) is 57.3 Å². The summed E-state index contributed by atoms with van der Waals surface area (Å²) in [6.45, 7) is 3.48. The van der Waals surface area contributed by atoms with Crippen LogP contribution in [0, 0.1) is 0 Å². The SMILES string of the molecule is O=C(Nc1cnccc1N1CCNCC1)c1csc(-n2c(=O)oc3ccccc32)n1. The van der Waals surface area contributed by atoms with Crippen molar-refractivity contribution in [2.45, 2.75) is 0 Å². The molecule has 4 aromatic rings. The first-order chi connectivity index (χ1) is 14.7. The van der Waals surface area contributed by atoms with Gasteiger partial charge in [0.1, 0.15) is 5.69 Å². The lowest BCUT2D eigenvalue weighted by molar-refractivity contribution is 0.102. The normalized spacial score (nSPS) is 14.2. The van der Waals surface area contributed by atoms with E-state index in [-0.39, 0.29) is 11.6 Å². The molecular weight excluding hydrogens is 404 g/mol. The number of aromatic nitrogens is 3. The molecule has 9 nitrogen and oxygen atoms in total. The highest BCUT2D eigenvalue weighted by Gasteiger charge is 2.19. The Morgan fingerprint density at radius 3 is 2.90 bits per heavy atom. The van der Waals surface area contributed by atoms with E-state index >= 15 is 0 Å². The number of nitrogens with zero attached hydrogens (tertiary/aromatic N) is 4. The van der Waals surface area contributed by atoms with Crippen LogP contribution < -0.4 is 21.3 Å². The minimum atomic E-state index is -0.536. The van der Waals surface area contributed by atoms with Crippen LogP contribution in [0.2, 0.25) is 0 Å². The van der Waals surface area contributed by atoms with Gasteiger partial charge in [-0.15, -0.1) is 11.3 Å². The molecule has 1 fully saturated rings. The summed E-state index contributed by atoms with van der Waals surface area (Å²) in [5.41, 5.74) is 2.86. The molecule has 2 N–H and O–H groups in total. The highest BCUT2D eigenvalue weighted by atomic mass is 32.1. The lowest BCUT2D eigenvalue weighted by Gasteiger charge is -2.30. The standard InChI is InChI=1S/C20H18N6O3S/c27-18(23-13-11-22-6-5-15(13)25-9-7-21-8-10-25)14-12-30-19(24-14)26-16-3-1-2-4-17(16)29-20(26)28/h1-6,11-12,21H,7-10H2,(H,23,27). The number of carbonyl (C=O) groups is 1. The van der Waals surface area contributed by atoms with Gasteiger partial charge in [-0.25, -0.2) is 14.3 Å². The summed E-state index contributed by atoms with van der Waals surface area (Å²) < 4.78 is 6.62. The first-order valence-electron chi connectivity index (χ1n) is 9.48. The number of fused-ring (bicyclic) bond motifs is 1. The number of rotatable bonds is 4. The number of nitrogens with one attached hydrogen (secondary N) is 2. The molecule has 3 aromatic heterocycles. The Morgan fingerprint density at radius 2 is 2.03 bits per heavy atom. The molecule has 0 aliphatic carbocycles. The van der Waals surface area contributed by atoms with Crippen LogP contribution in [-0.2, 0) is 0 Å². The van der Waals surface area contributed by atoms with Gasteiger partial charge >= 0.3 is 5.76 Å². The Labute approximate surface area is 175 Å². The number of hydrogen-bond donors (Lipinski definition) is 2. The van der Waals surface area contributed by atoms with Gasteiger partial charge in [-0.3, -0.25) is 9.78 Å². The second kappa shape index (κ2) is 7.73. The van der Waals surface area contributed by atoms with E-state index < -0.39 is 5.76 Å². The van der Waals surface area contributed by atoms with Gasteiger partial charge < -0.3 is 20.0 Å². The average Bonchev–Trinajstić information content (AvgIpc) is 3.38. The number of amides is 1. The summed E-state index contributed by atoms with van der Waals surface area (Å²) in [5.74, 6) is -0.895. The molecule has 0 unspecified atom stereocenters. The molecule has 1 aromatic carbocycles. The van der Waals surface area contributed by atoms with Gasteiger partial charge in [0.25, 0.3) is 5.91 Å². The molecule has 0 radical (unpaired) electrons. The third-order valence-corrected chi connectivity index (χ3v) is 5.73. The number of para-hydroxylation sites is 2. The summed E-state index contributed by atoms with van der Waals surface area (Å²) in [7, 11) is 0. The Hall–Kier alpha value is -3.50. The summed E-state index contributed by atoms with van der Waals surface area (Å²) >= 11 is 1.20. The summed E-state index contributed by atoms with van der Waals surface area (Å²) in [5, 5.41) is 8.22. The predicted octanol–water partition coefficient (Wildman–Crippen LogP) is 2.10. The average molecular weight is 422 g/mol. The summed E-state index contributed by atoms with van der Waals surface area (Å²) in [4.78, 5) is 35.8. The largest absolute Gasteiger partial charge is 0.426 e. The summed E-state index contributed by atoms with van der Waals surface area (Å²) in [6, 6.07) is 8.99. The van der Waals surface area contributed by atoms with Crippen LogP contribution in [0.5, 0.6) is 0 Å². The third kappa shape index (κ3) is 3.36. The van der Waals surface area contributed by atoms with Crippen molar-refractivity contribution in [2.24, 2.45) is 0 Å². The molecule has 1 aliphatic heterocycles. The molecule has 5 rings (SSSR count). The molecule has 10 heteroatoms. The highest BCUT2D eigenvalue weighted by Crippen LogP contribution is 2.26. The van der Waals surface area contributed by atoms with Crippen molar-refractivity contribution in [1.82, 2.24) is 19.9 Å². The molecule has 0 atom stereocenters. The van der Waals surface area contributed by atoms with Crippen LogP contribution >= 0.6 is 11.3 Å². The lowest BCUT2D eigenvalue weighted by atomic mass is 10.2. The van der Waals surface area contributed by atoms with Gasteiger partial charge in [0.2, 0.25) is 0 Å². The van der Waals surface area contributed by atoms with Crippen LogP contribution in [-0.4, -0.2) is 46.6 Å². The fraction of sp³-hybridized carbons (Fsp3) is 0.200. The first-order valence-corrected chi connectivity index (χ1v) is 10.4. The van der Waals surface area contributed by atoms with Crippen molar-refractivity contribution in [3.63, 3.8) is 0 Å². The highest BCUT2D eigenvalue weighted by molar-refractivity contribution is 7.12. The monoisotopic (exact) mass is 422 g/mol. The molecule has 1 amide bonds. The predicted molar refractivity (Wildman–Crippen MR) is 115 cm³/mol. The summed E-state index contributed by atoms with van der Waals surface area (Å²) in [6.07, 6.45) is 3.35. The van der Waals surface area contributed by atoms with Crippen LogP contribution in [0.4, 0.5) is 11.4 Å². The van der Waals surface area contributed by atoms with E-state index in [1.807, 2.05) is 12.1 Å². The number of hydrogen-bond acceptors (Lipinski definition) is 8. The molecule has 0 saturated carbocycles. The number of anilines is 2. The van der Waals surface area contributed by atoms with Gasteiger partial charge in [-0.2, -0.15) is 0 Å². The van der Waals surface area contributed by atoms with Crippen molar-refractivity contribution in [3.05, 3.63) is 64.4 Å². The van der Waals surface area contributed by atoms with Gasteiger partial charge in [-0.1, -0.05) is 12.1 Å². The van der Waals surface area contributed by atoms with Crippen LogP contribution in [0.1, 0.15) is 10.5 Å². The van der Waals surface area contributed by atoms with Crippen molar-refractivity contribution >= 4 is 39.7 Å². The van der Waals surface area contributed by atoms with E-state index in [2.05, 4.69) is 25.5 Å². The number of piperazine rings is 1. The van der Waals surface area contributed by atoms with Gasteiger partial charge in [0, 0.05) is 37.8 Å². The van der Waals surface area contributed by atoms with Gasteiger partial charge in [0.15, 0.2) is 10.7 Å². The quantitative estimate of drug-likeness (QED) is 0.519. The van der Waals surface area contributed by atoms with Gasteiger partial charge in [-0.05, 0) is 18.2 Å². The van der Waals surface area contributed by atoms with Gasteiger partial charge in [0.05, 0.1) is 23.1 Å². The topological polar surface area (TPSA) is 105 Å². The van der Waals surface area contributed by atoms with E-state index in [9.17, 15) is 9.59 Å². The molecule has 4 heterocycles. The van der Waals surface area contributed by atoms with Crippen LogP contribution in [0.25, 0.3) is 16.2 Å². The zero-order chi connectivity index (χ0) is 20.5. The van der Waals surface area contributed by atoms with Crippen molar-refractivity contribution in [2.75, 3.05) is 36.4 Å². The van der Waals surface area contributed by atoms with E-state index in [1.54, 1.807) is 36.0 Å². The number of oxazole rings is 1. The maximum absolute atomic E-state index is 12.8. The fourth-order valence-electron chi connectivity index (χ4n) is 3.47. The Morgan fingerprint density at radius 1 is 1.20 bits per heavy atom. The van der Waals surface area contributed by atoms with Crippen molar-refractivity contribution < 1.29 is 9.21 Å². The Balaban J connectivity index is 1.42. The van der Waals surface area contributed by atoms with Crippen LogP contribution in [0.3, 0.4) is 0 Å². The fourth-order valence-corrected chi connectivity index (χ4v) is 4.28. The molecule has 0 spiro atoms. The second-order valence-corrected chi connectivity index (χ2v) is 7.61. The maximum Gasteiger partial charge on any atom is 0.426 e. The molecular formula is C20H18N6O3S. The Kier molecular flexibility index (Phi) is 4.77. The zero-order valence-corrected chi connectivity index (χ0v) is 16.7. The molecule has 1 saturated heterocycles. The number of benzene rings is 1. The first kappa shape index (κ1) is 18.5. The Bertz CT molecular complexity index is 1270. The zero-order valence-electron chi connectivity index (χ0n) is 15.9. The lowest BCUT2D eigenvalue weighted by Crippen LogP contribution is -2.43. The second-order valence-electron chi connectivity index (χ2n) is 6.77. The molecule has 30 heavy (non-hydrogen) atoms. The van der Waals surface area contributed by atoms with E-state index in [0.717, 1.165) is 31.9 Å². The number of pyridine rings is 1. The molecule has 0 bridgehead atoms. The van der Waals surface area contributed by atoms with E-state index in [1.165, 1.54) is 15.9 Å². The smallest absolute Gasteiger partial charge is 0.407 e. The van der Waals surface area contributed by atoms with E-state index in [4.69, 9.17) is 4.42 Å². The van der Waals surface area contributed by atoms with Crippen molar-refractivity contribution in [3.8, 4) is 5.13 Å². The van der Waals surface area contributed by atoms with E-state index in [0.29, 0.717) is 21.9 Å². The molecule has 1 aliphatic rings. The number of carbonyl (C=O) groups excluding carboxylic acids is 1. The van der Waals surface area contributed by atoms with Crippen molar-refractivity contribution in [1.29, 1.82) is 0 Å².